The molecule has 0 spiro atoms. The van der Waals surface area contributed by atoms with Gasteiger partial charge in [0, 0.05) is 6.04 Å². The molecule has 120 valence electrons. The molecule has 5 atom stereocenters. The van der Waals surface area contributed by atoms with E-state index in [2.05, 4.69) is 12.2 Å². The predicted octanol–water partition coefficient (Wildman–Crippen LogP) is 3.78. The maximum absolute atomic E-state index is 12.5. The molecular weight excluding hydrogens is 274 g/mol. The van der Waals surface area contributed by atoms with E-state index in [0.717, 1.165) is 17.6 Å². The minimum Gasteiger partial charge on any atom is -0.481 e. The van der Waals surface area contributed by atoms with Crippen molar-refractivity contribution in [2.45, 2.75) is 58.1 Å². The van der Waals surface area contributed by atoms with Gasteiger partial charge in [-0.2, -0.15) is 0 Å². The monoisotopic (exact) mass is 301 g/mol. The Balaban J connectivity index is 1.55. The van der Waals surface area contributed by atoms with Crippen LogP contribution >= 0.6 is 0 Å². The van der Waals surface area contributed by atoms with Crippen molar-refractivity contribution in [2.75, 3.05) is 0 Å². The Morgan fingerprint density at radius 3 is 2.64 bits per heavy atom. The Morgan fingerprint density at radius 2 is 2.05 bits per heavy atom. The number of nitrogens with one attached hydrogen (secondary N) is 1. The number of carbonyl (C=O) groups is 1. The molecule has 22 heavy (non-hydrogen) atoms. The second-order valence-corrected chi connectivity index (χ2v) is 6.96. The Morgan fingerprint density at radius 1 is 1.27 bits per heavy atom. The second-order valence-electron chi connectivity index (χ2n) is 6.96. The summed E-state index contributed by atoms with van der Waals surface area (Å²) < 4.78 is 5.84. The normalized spacial score (nSPS) is 29.1. The third kappa shape index (κ3) is 3.29. The molecule has 0 unspecified atom stereocenters. The highest BCUT2D eigenvalue weighted by molar-refractivity contribution is 5.81. The van der Waals surface area contributed by atoms with Crippen molar-refractivity contribution in [1.29, 1.82) is 0 Å². The number of fused-ring (bicyclic) bond motifs is 2. The third-order valence-corrected chi connectivity index (χ3v) is 5.49. The summed E-state index contributed by atoms with van der Waals surface area (Å²) in [4.78, 5) is 12.5. The highest BCUT2D eigenvalue weighted by Crippen LogP contribution is 2.49. The van der Waals surface area contributed by atoms with Crippen LogP contribution in [0.2, 0.25) is 0 Å². The Labute approximate surface area is 133 Å². The van der Waals surface area contributed by atoms with Crippen molar-refractivity contribution >= 4 is 5.91 Å². The van der Waals surface area contributed by atoms with Gasteiger partial charge in [-0.1, -0.05) is 31.5 Å². The van der Waals surface area contributed by atoms with Gasteiger partial charge in [0.15, 0.2) is 6.10 Å². The van der Waals surface area contributed by atoms with E-state index in [1.165, 1.54) is 25.7 Å². The zero-order valence-electron chi connectivity index (χ0n) is 13.6. The lowest BCUT2D eigenvalue weighted by Crippen LogP contribution is -2.46. The number of rotatable bonds is 6. The largest absolute Gasteiger partial charge is 0.481 e. The zero-order chi connectivity index (χ0) is 15.5. The smallest absolute Gasteiger partial charge is 0.261 e. The zero-order valence-corrected chi connectivity index (χ0v) is 13.6. The molecule has 0 heterocycles. The SMILES string of the molecule is CC[C@H](Oc1ccccc1)C(=O)N[C@@H](C)[C@H]1C[C@H]2CC[C@H]1C2. The topological polar surface area (TPSA) is 38.3 Å². The van der Waals surface area contributed by atoms with E-state index in [-0.39, 0.29) is 11.9 Å². The van der Waals surface area contributed by atoms with Crippen molar-refractivity contribution in [3.8, 4) is 5.75 Å². The van der Waals surface area contributed by atoms with E-state index >= 15 is 0 Å². The lowest BCUT2D eigenvalue weighted by Gasteiger charge is -2.29. The van der Waals surface area contributed by atoms with Crippen LogP contribution in [-0.4, -0.2) is 18.1 Å². The van der Waals surface area contributed by atoms with Crippen LogP contribution < -0.4 is 10.1 Å². The number of hydrogen-bond acceptors (Lipinski definition) is 2. The van der Waals surface area contributed by atoms with Crippen LogP contribution in [0, 0.1) is 17.8 Å². The standard InChI is InChI=1S/C19H27NO2/c1-3-18(22-16-7-5-4-6-8-16)19(21)20-13(2)17-12-14-9-10-15(17)11-14/h4-8,13-15,17-18H,3,9-12H2,1-2H3,(H,20,21)/t13-,14-,15-,17+,18-/m0/s1. The van der Waals surface area contributed by atoms with Gasteiger partial charge in [0.1, 0.15) is 5.75 Å². The van der Waals surface area contributed by atoms with Crippen molar-refractivity contribution in [3.05, 3.63) is 30.3 Å². The molecular formula is C19H27NO2. The fourth-order valence-electron chi connectivity index (χ4n) is 4.32. The molecule has 3 nitrogen and oxygen atoms in total. The molecule has 2 aliphatic carbocycles. The van der Waals surface area contributed by atoms with Gasteiger partial charge >= 0.3 is 0 Å². The quantitative estimate of drug-likeness (QED) is 0.868. The number of para-hydroxylation sites is 1. The van der Waals surface area contributed by atoms with E-state index in [4.69, 9.17) is 4.74 Å². The summed E-state index contributed by atoms with van der Waals surface area (Å²) in [5.41, 5.74) is 0. The van der Waals surface area contributed by atoms with Crippen molar-refractivity contribution < 1.29 is 9.53 Å². The first-order chi connectivity index (χ1) is 10.7. The fourth-order valence-corrected chi connectivity index (χ4v) is 4.32. The van der Waals surface area contributed by atoms with E-state index < -0.39 is 6.10 Å². The molecule has 2 fully saturated rings. The van der Waals surface area contributed by atoms with Gasteiger partial charge in [-0.25, -0.2) is 0 Å². The minimum absolute atomic E-state index is 0.0293. The van der Waals surface area contributed by atoms with Crippen LogP contribution in [0.1, 0.15) is 46.0 Å². The van der Waals surface area contributed by atoms with Crippen LogP contribution in [0.25, 0.3) is 0 Å². The summed E-state index contributed by atoms with van der Waals surface area (Å²) in [5, 5.41) is 3.21. The van der Waals surface area contributed by atoms with Gasteiger partial charge in [-0.15, -0.1) is 0 Å². The predicted molar refractivity (Wildman–Crippen MR) is 87.7 cm³/mol. The molecule has 2 aliphatic rings. The van der Waals surface area contributed by atoms with Crippen LogP contribution in [-0.2, 0) is 4.79 Å². The van der Waals surface area contributed by atoms with Crippen LogP contribution in [0.15, 0.2) is 30.3 Å². The summed E-state index contributed by atoms with van der Waals surface area (Å²) in [6.07, 6.45) is 5.71. The Hall–Kier alpha value is -1.51. The second kappa shape index (κ2) is 6.72. The molecule has 0 radical (unpaired) electrons. The lowest BCUT2D eigenvalue weighted by molar-refractivity contribution is -0.129. The average molecular weight is 301 g/mol. The molecule has 2 saturated carbocycles. The molecule has 0 aromatic heterocycles. The number of ether oxygens (including phenoxy) is 1. The average Bonchev–Trinajstić information content (AvgIpc) is 3.16. The number of carbonyl (C=O) groups excluding carboxylic acids is 1. The van der Waals surface area contributed by atoms with Gasteiger partial charge in [-0.05, 0) is 62.5 Å². The maximum Gasteiger partial charge on any atom is 0.261 e. The van der Waals surface area contributed by atoms with Crippen LogP contribution in [0.5, 0.6) is 5.75 Å². The van der Waals surface area contributed by atoms with Gasteiger partial charge in [0.25, 0.3) is 5.91 Å². The van der Waals surface area contributed by atoms with Crippen LogP contribution in [0.4, 0.5) is 0 Å². The molecule has 0 aliphatic heterocycles. The molecule has 1 aromatic carbocycles. The van der Waals surface area contributed by atoms with Crippen molar-refractivity contribution in [3.63, 3.8) is 0 Å². The van der Waals surface area contributed by atoms with E-state index in [1.807, 2.05) is 37.3 Å². The summed E-state index contributed by atoms with van der Waals surface area (Å²) in [6, 6.07) is 9.86. The van der Waals surface area contributed by atoms with E-state index in [0.29, 0.717) is 12.3 Å². The molecule has 0 saturated heterocycles. The van der Waals surface area contributed by atoms with Crippen molar-refractivity contribution in [2.24, 2.45) is 17.8 Å². The number of benzene rings is 1. The van der Waals surface area contributed by atoms with E-state index in [1.54, 1.807) is 0 Å². The Bertz CT molecular complexity index is 501. The summed E-state index contributed by atoms with van der Waals surface area (Å²) in [6.45, 7) is 4.16. The molecule has 1 aromatic rings. The van der Waals surface area contributed by atoms with Gasteiger partial charge in [-0.3, -0.25) is 4.79 Å². The van der Waals surface area contributed by atoms with Crippen LogP contribution in [0.3, 0.4) is 0 Å². The van der Waals surface area contributed by atoms with Gasteiger partial charge in [0.05, 0.1) is 0 Å². The first kappa shape index (κ1) is 15.4. The third-order valence-electron chi connectivity index (χ3n) is 5.49. The molecule has 1 N–H and O–H groups in total. The summed E-state index contributed by atoms with van der Waals surface area (Å²) >= 11 is 0. The first-order valence-corrected chi connectivity index (χ1v) is 8.69. The molecule has 2 bridgehead atoms. The number of hydrogen-bond donors (Lipinski definition) is 1. The van der Waals surface area contributed by atoms with Gasteiger partial charge < -0.3 is 10.1 Å². The molecule has 3 heteroatoms. The molecule has 3 rings (SSSR count). The number of amides is 1. The first-order valence-electron chi connectivity index (χ1n) is 8.69. The van der Waals surface area contributed by atoms with Gasteiger partial charge in [0.2, 0.25) is 0 Å². The fraction of sp³-hybridized carbons (Fsp3) is 0.632. The van der Waals surface area contributed by atoms with Crippen molar-refractivity contribution in [1.82, 2.24) is 5.32 Å². The van der Waals surface area contributed by atoms with E-state index in [9.17, 15) is 4.79 Å². The lowest BCUT2D eigenvalue weighted by atomic mass is 9.84. The summed E-state index contributed by atoms with van der Waals surface area (Å²) in [7, 11) is 0. The highest BCUT2D eigenvalue weighted by atomic mass is 16.5. The highest BCUT2D eigenvalue weighted by Gasteiger charge is 2.42. The Kier molecular flexibility index (Phi) is 4.70. The molecule has 1 amide bonds. The minimum atomic E-state index is -0.400. The summed E-state index contributed by atoms with van der Waals surface area (Å²) in [5.74, 6) is 3.20. The maximum atomic E-state index is 12.5.